The molecule has 0 spiro atoms. The highest BCUT2D eigenvalue weighted by Gasteiger charge is 2.04. The standard InChI is InChI=1S/C13H11N5O/c14-11-12(19)16-13(18-17-11)15-10-7-3-5-8-4-1-2-6-9(8)10/h1-7H,(H2,14,17)(H2,15,16,18,19). The molecular weight excluding hydrogens is 242 g/mol. The number of rotatable bonds is 2. The maximum Gasteiger partial charge on any atom is 0.295 e. The van der Waals surface area contributed by atoms with E-state index in [1.807, 2.05) is 42.5 Å². The first-order chi connectivity index (χ1) is 9.24. The molecule has 1 heterocycles. The van der Waals surface area contributed by atoms with Crippen LogP contribution in [0.3, 0.4) is 0 Å². The SMILES string of the molecule is Nc1nnc(Nc2cccc3ccccc23)[nH]c1=O. The second-order valence-corrected chi connectivity index (χ2v) is 4.04. The molecule has 0 atom stereocenters. The van der Waals surface area contributed by atoms with Crippen LogP contribution in [0.25, 0.3) is 10.8 Å². The van der Waals surface area contributed by atoms with Crippen LogP contribution in [0.1, 0.15) is 0 Å². The van der Waals surface area contributed by atoms with E-state index in [2.05, 4.69) is 20.5 Å². The van der Waals surface area contributed by atoms with Gasteiger partial charge in [-0.15, -0.1) is 10.2 Å². The van der Waals surface area contributed by atoms with Gasteiger partial charge in [0.15, 0.2) is 0 Å². The Bertz CT molecular complexity index is 791. The fourth-order valence-electron chi connectivity index (χ4n) is 1.86. The van der Waals surface area contributed by atoms with Crippen molar-refractivity contribution in [3.63, 3.8) is 0 Å². The fourth-order valence-corrected chi connectivity index (χ4v) is 1.86. The number of H-pyrrole nitrogens is 1. The van der Waals surface area contributed by atoms with Gasteiger partial charge in [0.05, 0.1) is 0 Å². The van der Waals surface area contributed by atoms with Crippen molar-refractivity contribution in [3.05, 3.63) is 52.8 Å². The number of aromatic nitrogens is 3. The third-order valence-electron chi connectivity index (χ3n) is 2.77. The molecule has 19 heavy (non-hydrogen) atoms. The molecule has 0 bridgehead atoms. The van der Waals surface area contributed by atoms with Crippen LogP contribution in [0.2, 0.25) is 0 Å². The Balaban J connectivity index is 2.05. The Labute approximate surface area is 108 Å². The molecule has 6 nitrogen and oxygen atoms in total. The number of hydrogen-bond acceptors (Lipinski definition) is 5. The average molecular weight is 253 g/mol. The number of anilines is 3. The van der Waals surface area contributed by atoms with Gasteiger partial charge < -0.3 is 11.1 Å². The van der Waals surface area contributed by atoms with Crippen molar-refractivity contribution < 1.29 is 0 Å². The van der Waals surface area contributed by atoms with Crippen LogP contribution < -0.4 is 16.6 Å². The van der Waals surface area contributed by atoms with E-state index < -0.39 is 5.56 Å². The molecule has 0 aliphatic heterocycles. The molecule has 94 valence electrons. The maximum absolute atomic E-state index is 11.4. The van der Waals surface area contributed by atoms with Crippen molar-refractivity contribution in [3.8, 4) is 0 Å². The van der Waals surface area contributed by atoms with Crippen LogP contribution in [0.4, 0.5) is 17.5 Å². The van der Waals surface area contributed by atoms with Crippen molar-refractivity contribution >= 4 is 28.2 Å². The molecule has 3 aromatic rings. The Kier molecular flexibility index (Phi) is 2.60. The highest BCUT2D eigenvalue weighted by atomic mass is 16.1. The molecule has 6 heteroatoms. The Morgan fingerprint density at radius 3 is 2.68 bits per heavy atom. The van der Waals surface area contributed by atoms with Gasteiger partial charge in [0.2, 0.25) is 11.8 Å². The number of nitrogens with one attached hydrogen (secondary N) is 2. The van der Waals surface area contributed by atoms with Crippen LogP contribution in [0, 0.1) is 0 Å². The molecule has 0 aliphatic rings. The lowest BCUT2D eigenvalue weighted by Crippen LogP contribution is -2.17. The monoisotopic (exact) mass is 253 g/mol. The first-order valence-electron chi connectivity index (χ1n) is 5.71. The summed E-state index contributed by atoms with van der Waals surface area (Å²) in [5, 5.41) is 12.5. The van der Waals surface area contributed by atoms with Gasteiger partial charge in [-0.1, -0.05) is 36.4 Å². The summed E-state index contributed by atoms with van der Waals surface area (Å²) < 4.78 is 0. The summed E-state index contributed by atoms with van der Waals surface area (Å²) in [5.74, 6) is 0.110. The van der Waals surface area contributed by atoms with Gasteiger partial charge in [-0.25, -0.2) is 0 Å². The van der Waals surface area contributed by atoms with Crippen LogP contribution in [-0.2, 0) is 0 Å². The molecule has 1 aromatic heterocycles. The van der Waals surface area contributed by atoms with Crippen LogP contribution in [-0.4, -0.2) is 15.2 Å². The summed E-state index contributed by atoms with van der Waals surface area (Å²) in [6.07, 6.45) is 0. The predicted molar refractivity (Wildman–Crippen MR) is 74.3 cm³/mol. The molecule has 0 saturated heterocycles. The number of benzene rings is 2. The average Bonchev–Trinajstić information content (AvgIpc) is 2.43. The van der Waals surface area contributed by atoms with Crippen molar-refractivity contribution in [1.29, 1.82) is 0 Å². The molecule has 0 fully saturated rings. The number of fused-ring (bicyclic) bond motifs is 1. The smallest absolute Gasteiger partial charge is 0.295 e. The minimum atomic E-state index is -0.460. The number of nitrogen functional groups attached to an aromatic ring is 1. The molecule has 2 aromatic carbocycles. The summed E-state index contributed by atoms with van der Waals surface area (Å²) in [6.45, 7) is 0. The lowest BCUT2D eigenvalue weighted by Gasteiger charge is -2.08. The molecule has 0 radical (unpaired) electrons. The van der Waals surface area contributed by atoms with Gasteiger partial charge in [0, 0.05) is 11.1 Å². The normalized spacial score (nSPS) is 10.5. The summed E-state index contributed by atoms with van der Waals surface area (Å²) in [4.78, 5) is 13.9. The zero-order valence-electron chi connectivity index (χ0n) is 9.92. The van der Waals surface area contributed by atoms with E-state index in [1.54, 1.807) is 0 Å². The van der Waals surface area contributed by atoms with Gasteiger partial charge >= 0.3 is 0 Å². The Morgan fingerprint density at radius 2 is 1.84 bits per heavy atom. The largest absolute Gasteiger partial charge is 0.378 e. The first kappa shape index (κ1) is 11.2. The number of nitrogens with two attached hydrogens (primary N) is 1. The van der Waals surface area contributed by atoms with Crippen molar-refractivity contribution in [2.75, 3.05) is 11.1 Å². The quantitative estimate of drug-likeness (QED) is 0.645. The van der Waals surface area contributed by atoms with E-state index >= 15 is 0 Å². The van der Waals surface area contributed by atoms with Crippen molar-refractivity contribution in [1.82, 2.24) is 15.2 Å². The molecule has 0 aliphatic carbocycles. The maximum atomic E-state index is 11.4. The molecule has 0 unspecified atom stereocenters. The van der Waals surface area contributed by atoms with Gasteiger partial charge in [0.1, 0.15) is 0 Å². The molecular formula is C13H11N5O. The first-order valence-corrected chi connectivity index (χ1v) is 5.71. The minimum Gasteiger partial charge on any atom is -0.378 e. The topological polar surface area (TPSA) is 96.7 Å². The summed E-state index contributed by atoms with van der Waals surface area (Å²) >= 11 is 0. The number of nitrogens with zero attached hydrogens (tertiary/aromatic N) is 2. The lowest BCUT2D eigenvalue weighted by atomic mass is 10.1. The van der Waals surface area contributed by atoms with E-state index in [-0.39, 0.29) is 11.8 Å². The predicted octanol–water partition coefficient (Wildman–Crippen LogP) is 1.64. The van der Waals surface area contributed by atoms with Crippen LogP contribution in [0.5, 0.6) is 0 Å². The van der Waals surface area contributed by atoms with E-state index in [0.29, 0.717) is 0 Å². The molecule has 0 amide bonds. The third kappa shape index (κ3) is 2.11. The highest BCUT2D eigenvalue weighted by Crippen LogP contribution is 2.24. The lowest BCUT2D eigenvalue weighted by molar-refractivity contribution is 0.966. The molecule has 3 rings (SSSR count). The zero-order chi connectivity index (χ0) is 13.2. The molecule has 4 N–H and O–H groups in total. The molecule has 0 saturated carbocycles. The van der Waals surface area contributed by atoms with E-state index in [0.717, 1.165) is 16.5 Å². The third-order valence-corrected chi connectivity index (χ3v) is 2.77. The van der Waals surface area contributed by atoms with Crippen LogP contribution >= 0.6 is 0 Å². The highest BCUT2D eigenvalue weighted by molar-refractivity contribution is 5.94. The van der Waals surface area contributed by atoms with E-state index in [4.69, 9.17) is 5.73 Å². The van der Waals surface area contributed by atoms with Crippen molar-refractivity contribution in [2.45, 2.75) is 0 Å². The number of hydrogen-bond donors (Lipinski definition) is 3. The van der Waals surface area contributed by atoms with Gasteiger partial charge in [-0.05, 0) is 11.5 Å². The fraction of sp³-hybridized carbons (Fsp3) is 0. The Morgan fingerprint density at radius 1 is 1.05 bits per heavy atom. The minimum absolute atomic E-state index is 0.150. The van der Waals surface area contributed by atoms with E-state index in [9.17, 15) is 4.79 Å². The summed E-state index contributed by atoms with van der Waals surface area (Å²) in [6, 6.07) is 13.8. The summed E-state index contributed by atoms with van der Waals surface area (Å²) in [7, 11) is 0. The summed E-state index contributed by atoms with van der Waals surface area (Å²) in [5.41, 5.74) is 5.71. The number of aromatic amines is 1. The van der Waals surface area contributed by atoms with Crippen molar-refractivity contribution in [2.24, 2.45) is 0 Å². The van der Waals surface area contributed by atoms with Crippen LogP contribution in [0.15, 0.2) is 47.3 Å². The van der Waals surface area contributed by atoms with Gasteiger partial charge in [-0.3, -0.25) is 9.78 Å². The zero-order valence-corrected chi connectivity index (χ0v) is 9.92. The second-order valence-electron chi connectivity index (χ2n) is 4.04. The van der Waals surface area contributed by atoms with E-state index in [1.165, 1.54) is 0 Å². The van der Waals surface area contributed by atoms with Gasteiger partial charge in [-0.2, -0.15) is 0 Å². The second kappa shape index (κ2) is 4.41. The Hall–Kier alpha value is -2.89. The van der Waals surface area contributed by atoms with Gasteiger partial charge in [0.25, 0.3) is 5.56 Å².